The third-order valence-electron chi connectivity index (χ3n) is 5.49. The maximum absolute atomic E-state index is 12.6. The highest BCUT2D eigenvalue weighted by molar-refractivity contribution is 5.91. The average Bonchev–Trinajstić information content (AvgIpc) is 3.11. The Labute approximate surface area is 175 Å². The van der Waals surface area contributed by atoms with E-state index in [1.165, 1.54) is 6.08 Å². The number of carbonyl (C=O) groups is 1. The number of methoxy groups -OCH3 is 1. The minimum absolute atomic E-state index is 0.360. The molecule has 1 aliphatic carbocycles. The van der Waals surface area contributed by atoms with Crippen molar-refractivity contribution in [3.05, 3.63) is 108 Å². The molecule has 0 radical (unpaired) electrons. The quantitative estimate of drug-likeness (QED) is 0.307. The summed E-state index contributed by atoms with van der Waals surface area (Å²) >= 11 is 0. The summed E-state index contributed by atoms with van der Waals surface area (Å²) < 4.78 is 11.1. The second-order valence-electron chi connectivity index (χ2n) is 7.30. The fraction of sp³-hybridized carbons (Fsp3) is 0.0741. The highest BCUT2D eigenvalue weighted by Gasteiger charge is 2.30. The van der Waals surface area contributed by atoms with Crippen molar-refractivity contribution in [2.75, 3.05) is 7.11 Å². The van der Waals surface area contributed by atoms with E-state index < -0.39 is 0 Å². The van der Waals surface area contributed by atoms with Gasteiger partial charge in [-0.1, -0.05) is 66.7 Å². The summed E-state index contributed by atoms with van der Waals surface area (Å²) in [6.45, 7) is 0. The van der Waals surface area contributed by atoms with Crippen LogP contribution in [0.25, 0.3) is 28.0 Å². The van der Waals surface area contributed by atoms with E-state index in [1.807, 2.05) is 72.8 Å². The summed E-state index contributed by atoms with van der Waals surface area (Å²) in [5.74, 6) is 0.466. The molecule has 0 saturated heterocycles. The van der Waals surface area contributed by atoms with Crippen molar-refractivity contribution in [3.8, 4) is 16.9 Å². The molecule has 0 heterocycles. The predicted molar refractivity (Wildman–Crippen MR) is 119 cm³/mol. The van der Waals surface area contributed by atoms with Gasteiger partial charge in [0.05, 0.1) is 7.11 Å². The Morgan fingerprint density at radius 2 is 1.43 bits per heavy atom. The van der Waals surface area contributed by atoms with E-state index in [2.05, 4.69) is 12.1 Å². The van der Waals surface area contributed by atoms with E-state index in [1.54, 1.807) is 13.2 Å². The van der Waals surface area contributed by atoms with Crippen LogP contribution >= 0.6 is 0 Å². The number of carbonyl (C=O) groups excluding carboxylic acids is 1. The van der Waals surface area contributed by atoms with Gasteiger partial charge in [0, 0.05) is 17.2 Å². The van der Waals surface area contributed by atoms with Crippen LogP contribution in [0, 0.1) is 0 Å². The minimum Gasteiger partial charge on any atom is -0.497 e. The van der Waals surface area contributed by atoms with Crippen LogP contribution in [0.3, 0.4) is 0 Å². The fourth-order valence-electron chi connectivity index (χ4n) is 4.03. The Morgan fingerprint density at radius 1 is 0.800 bits per heavy atom. The molecule has 146 valence electrons. The largest absolute Gasteiger partial charge is 0.497 e. The molecule has 30 heavy (non-hydrogen) atoms. The monoisotopic (exact) mass is 392 g/mol. The van der Waals surface area contributed by atoms with Gasteiger partial charge in [-0.05, 0) is 51.7 Å². The van der Waals surface area contributed by atoms with Crippen molar-refractivity contribution < 1.29 is 14.3 Å². The number of hydrogen-bond acceptors (Lipinski definition) is 3. The molecule has 5 rings (SSSR count). The first kappa shape index (κ1) is 18.2. The van der Waals surface area contributed by atoms with Gasteiger partial charge in [-0.15, -0.1) is 0 Å². The van der Waals surface area contributed by atoms with Crippen molar-refractivity contribution in [2.45, 2.75) is 6.10 Å². The number of hydrogen-bond donors (Lipinski definition) is 0. The molecule has 4 aromatic rings. The number of rotatable bonds is 4. The van der Waals surface area contributed by atoms with Gasteiger partial charge >= 0.3 is 5.97 Å². The zero-order valence-corrected chi connectivity index (χ0v) is 16.5. The molecule has 3 nitrogen and oxygen atoms in total. The van der Waals surface area contributed by atoms with Gasteiger partial charge in [-0.2, -0.15) is 0 Å². The van der Waals surface area contributed by atoms with Crippen LogP contribution < -0.4 is 4.74 Å². The first-order valence-electron chi connectivity index (χ1n) is 9.88. The molecule has 0 aliphatic heterocycles. The zero-order chi connectivity index (χ0) is 20.5. The third-order valence-corrected chi connectivity index (χ3v) is 5.49. The number of esters is 1. The Kier molecular flexibility index (Phi) is 4.56. The van der Waals surface area contributed by atoms with Gasteiger partial charge in [0.1, 0.15) is 5.75 Å². The Bertz CT molecular complexity index is 1240. The molecule has 0 bridgehead atoms. The zero-order valence-electron chi connectivity index (χ0n) is 16.5. The van der Waals surface area contributed by atoms with Gasteiger partial charge in [-0.25, -0.2) is 4.79 Å². The summed E-state index contributed by atoms with van der Waals surface area (Å²) in [5, 5.41) is 2.18. The first-order chi connectivity index (χ1) is 14.7. The SMILES string of the molecule is COc1ccc2cc(/C=C/C(=O)OC3c4ccccc4-c4ccccc43)ccc2c1. The molecule has 3 heteroatoms. The highest BCUT2D eigenvalue weighted by atomic mass is 16.5. The Morgan fingerprint density at radius 3 is 2.13 bits per heavy atom. The van der Waals surface area contributed by atoms with Gasteiger partial charge in [-0.3, -0.25) is 0 Å². The van der Waals surface area contributed by atoms with E-state index in [-0.39, 0.29) is 12.1 Å². The lowest BCUT2D eigenvalue weighted by atomic mass is 10.1. The molecule has 4 aromatic carbocycles. The molecule has 0 unspecified atom stereocenters. The Hall–Kier alpha value is -3.85. The van der Waals surface area contributed by atoms with Crippen molar-refractivity contribution in [1.29, 1.82) is 0 Å². The van der Waals surface area contributed by atoms with E-state index in [0.717, 1.165) is 44.3 Å². The molecule has 0 atom stereocenters. The van der Waals surface area contributed by atoms with Crippen molar-refractivity contribution in [1.82, 2.24) is 0 Å². The molecule has 0 aromatic heterocycles. The van der Waals surface area contributed by atoms with Crippen LogP contribution in [-0.2, 0) is 9.53 Å². The van der Waals surface area contributed by atoms with Gasteiger partial charge in [0.2, 0.25) is 0 Å². The molecule has 1 aliphatic rings. The van der Waals surface area contributed by atoms with Crippen molar-refractivity contribution in [3.63, 3.8) is 0 Å². The molecule has 0 amide bonds. The van der Waals surface area contributed by atoms with E-state index >= 15 is 0 Å². The van der Waals surface area contributed by atoms with E-state index in [4.69, 9.17) is 9.47 Å². The van der Waals surface area contributed by atoms with Crippen LogP contribution in [0.15, 0.2) is 91.0 Å². The van der Waals surface area contributed by atoms with Crippen LogP contribution in [0.1, 0.15) is 22.8 Å². The smallest absolute Gasteiger partial charge is 0.331 e. The lowest BCUT2D eigenvalue weighted by Crippen LogP contribution is -2.08. The maximum atomic E-state index is 12.6. The number of benzene rings is 4. The van der Waals surface area contributed by atoms with Gasteiger partial charge in [0.15, 0.2) is 6.10 Å². The van der Waals surface area contributed by atoms with Crippen LogP contribution in [0.2, 0.25) is 0 Å². The third kappa shape index (κ3) is 3.25. The number of ether oxygens (including phenoxy) is 2. The lowest BCUT2D eigenvalue weighted by molar-refractivity contribution is -0.141. The lowest BCUT2D eigenvalue weighted by Gasteiger charge is -2.13. The van der Waals surface area contributed by atoms with Crippen LogP contribution in [0.5, 0.6) is 5.75 Å². The van der Waals surface area contributed by atoms with E-state index in [9.17, 15) is 4.79 Å². The predicted octanol–water partition coefficient (Wildman–Crippen LogP) is 6.17. The molecule has 0 fully saturated rings. The summed E-state index contributed by atoms with van der Waals surface area (Å²) in [4.78, 5) is 12.6. The average molecular weight is 392 g/mol. The summed E-state index contributed by atoms with van der Waals surface area (Å²) in [6, 6.07) is 28.1. The van der Waals surface area contributed by atoms with Gasteiger partial charge in [0.25, 0.3) is 0 Å². The standard InChI is InChI=1S/C27H20O3/c1-29-21-14-13-19-16-18(10-12-20(19)17-21)11-15-26(28)30-27-24-8-4-2-6-22(24)23-7-3-5-9-25(23)27/h2-17,27H,1H3/b15-11+. The van der Waals surface area contributed by atoms with Crippen molar-refractivity contribution in [2.24, 2.45) is 0 Å². The molecule has 0 saturated carbocycles. The van der Waals surface area contributed by atoms with E-state index in [0.29, 0.717) is 0 Å². The second-order valence-corrected chi connectivity index (χ2v) is 7.30. The fourth-order valence-corrected chi connectivity index (χ4v) is 4.03. The molecule has 0 spiro atoms. The minimum atomic E-state index is -0.376. The second kappa shape index (κ2) is 7.53. The first-order valence-corrected chi connectivity index (χ1v) is 9.88. The summed E-state index contributed by atoms with van der Waals surface area (Å²) in [5.41, 5.74) is 5.25. The molecular formula is C27H20O3. The molecule has 0 N–H and O–H groups in total. The highest BCUT2D eigenvalue weighted by Crippen LogP contribution is 2.45. The molecular weight excluding hydrogens is 372 g/mol. The Balaban J connectivity index is 1.37. The number of fused-ring (bicyclic) bond motifs is 4. The van der Waals surface area contributed by atoms with Crippen LogP contribution in [-0.4, -0.2) is 13.1 Å². The topological polar surface area (TPSA) is 35.5 Å². The maximum Gasteiger partial charge on any atom is 0.331 e. The summed E-state index contributed by atoms with van der Waals surface area (Å²) in [7, 11) is 1.66. The summed E-state index contributed by atoms with van der Waals surface area (Å²) in [6.07, 6.45) is 2.91. The van der Waals surface area contributed by atoms with Crippen LogP contribution in [0.4, 0.5) is 0 Å². The van der Waals surface area contributed by atoms with Crippen molar-refractivity contribution >= 4 is 22.8 Å². The van der Waals surface area contributed by atoms with Gasteiger partial charge < -0.3 is 9.47 Å². The normalized spacial score (nSPS) is 12.7.